The highest BCUT2D eigenvalue weighted by molar-refractivity contribution is 5.60. The summed E-state index contributed by atoms with van der Waals surface area (Å²) < 4.78 is 46.1. The number of nitrogens with two attached hydrogens (primary N) is 1. The number of aromatic nitrogens is 3. The highest BCUT2D eigenvalue weighted by Crippen LogP contribution is 2.32. The normalized spacial score (nSPS) is 11.8. The van der Waals surface area contributed by atoms with Gasteiger partial charge in [0.25, 0.3) is 0 Å². The zero-order chi connectivity index (χ0) is 18.9. The predicted octanol–water partition coefficient (Wildman–Crippen LogP) is 4.32. The summed E-state index contributed by atoms with van der Waals surface area (Å²) in [6.45, 7) is 3.63. The van der Waals surface area contributed by atoms with E-state index in [1.165, 1.54) is 10.7 Å². The largest absolute Gasteiger partial charge is 0.460 e. The fourth-order valence-corrected chi connectivity index (χ4v) is 2.37. The van der Waals surface area contributed by atoms with Crippen LogP contribution in [0.1, 0.15) is 19.4 Å². The second kappa shape index (κ2) is 6.70. The summed E-state index contributed by atoms with van der Waals surface area (Å²) in [7, 11) is 0. The number of nitrogen functional groups attached to an aromatic ring is 1. The Morgan fingerprint density at radius 1 is 1.08 bits per heavy atom. The topological polar surface area (TPSA) is 66.0 Å². The maximum absolute atomic E-state index is 13.0. The summed E-state index contributed by atoms with van der Waals surface area (Å²) in [4.78, 5) is 4.27. The molecule has 0 spiro atoms. The summed E-state index contributed by atoms with van der Waals surface area (Å²) in [6.07, 6.45) is -4.62. The molecule has 26 heavy (non-hydrogen) atoms. The second-order valence-corrected chi connectivity index (χ2v) is 5.97. The number of alkyl halides is 3. The van der Waals surface area contributed by atoms with Crippen LogP contribution in [-0.2, 0) is 6.18 Å². The summed E-state index contributed by atoms with van der Waals surface area (Å²) in [5, 5.41) is 4.28. The number of nitrogens with zero attached hydrogens (tertiary/aromatic N) is 3. The van der Waals surface area contributed by atoms with E-state index >= 15 is 0 Å². The first-order valence-electron chi connectivity index (χ1n) is 7.91. The number of anilines is 1. The van der Waals surface area contributed by atoms with Crippen molar-refractivity contribution in [3.63, 3.8) is 0 Å². The lowest BCUT2D eigenvalue weighted by Crippen LogP contribution is -2.07. The third-order valence-corrected chi connectivity index (χ3v) is 3.51. The molecule has 0 aliphatic heterocycles. The van der Waals surface area contributed by atoms with Gasteiger partial charge < -0.3 is 10.5 Å². The summed E-state index contributed by atoms with van der Waals surface area (Å²) in [5.74, 6) is 0.247. The Labute approximate surface area is 148 Å². The zero-order valence-corrected chi connectivity index (χ0v) is 14.2. The van der Waals surface area contributed by atoms with Crippen LogP contribution in [0.15, 0.2) is 48.5 Å². The Morgan fingerprint density at radius 3 is 2.38 bits per heavy atom. The van der Waals surface area contributed by atoms with Gasteiger partial charge in [-0.1, -0.05) is 12.1 Å². The lowest BCUT2D eigenvalue weighted by atomic mass is 10.1. The molecule has 2 aromatic carbocycles. The standard InChI is InChI=1S/C18H17F3N4O/c1-11(2)26-17-23-16(12-4-3-5-13(10-12)18(19,20)21)25(24-17)15-8-6-14(22)7-9-15/h3-11H,22H2,1-2H3. The minimum atomic E-state index is -4.45. The van der Waals surface area contributed by atoms with Crippen molar-refractivity contribution in [2.24, 2.45) is 0 Å². The Balaban J connectivity index is 2.13. The van der Waals surface area contributed by atoms with Gasteiger partial charge >= 0.3 is 12.2 Å². The van der Waals surface area contributed by atoms with Crippen molar-refractivity contribution in [2.75, 3.05) is 5.73 Å². The van der Waals surface area contributed by atoms with E-state index in [2.05, 4.69) is 10.1 Å². The van der Waals surface area contributed by atoms with Crippen molar-refractivity contribution in [3.8, 4) is 23.1 Å². The third kappa shape index (κ3) is 3.79. The van der Waals surface area contributed by atoms with Gasteiger partial charge in [0.1, 0.15) is 0 Å². The van der Waals surface area contributed by atoms with Crippen molar-refractivity contribution in [1.82, 2.24) is 14.8 Å². The van der Waals surface area contributed by atoms with E-state index in [9.17, 15) is 13.2 Å². The number of halogens is 3. The summed E-state index contributed by atoms with van der Waals surface area (Å²) >= 11 is 0. The number of hydrogen-bond acceptors (Lipinski definition) is 4. The first kappa shape index (κ1) is 17.8. The SMILES string of the molecule is CC(C)Oc1nc(-c2cccc(C(F)(F)F)c2)n(-c2ccc(N)cc2)n1. The Hall–Kier alpha value is -3.03. The highest BCUT2D eigenvalue weighted by atomic mass is 19.4. The molecular formula is C18H17F3N4O. The number of rotatable bonds is 4. The molecule has 0 fully saturated rings. The molecule has 0 saturated carbocycles. The van der Waals surface area contributed by atoms with Gasteiger partial charge in [0.15, 0.2) is 5.82 Å². The second-order valence-electron chi connectivity index (χ2n) is 5.97. The molecule has 2 N–H and O–H groups in total. The monoisotopic (exact) mass is 362 g/mol. The van der Waals surface area contributed by atoms with Crippen LogP contribution in [0.4, 0.5) is 18.9 Å². The van der Waals surface area contributed by atoms with Crippen LogP contribution in [0.3, 0.4) is 0 Å². The van der Waals surface area contributed by atoms with E-state index in [0.717, 1.165) is 12.1 Å². The van der Waals surface area contributed by atoms with Crippen molar-refractivity contribution >= 4 is 5.69 Å². The van der Waals surface area contributed by atoms with Crippen molar-refractivity contribution < 1.29 is 17.9 Å². The van der Waals surface area contributed by atoms with Crippen LogP contribution in [0, 0.1) is 0 Å². The van der Waals surface area contributed by atoms with Gasteiger partial charge in [-0.05, 0) is 50.2 Å². The minimum absolute atomic E-state index is 0.0873. The molecule has 0 bridgehead atoms. The number of ether oxygens (including phenoxy) is 1. The molecule has 136 valence electrons. The fourth-order valence-electron chi connectivity index (χ4n) is 2.37. The van der Waals surface area contributed by atoms with Crippen molar-refractivity contribution in [1.29, 1.82) is 0 Å². The van der Waals surface area contributed by atoms with Gasteiger partial charge in [0, 0.05) is 11.3 Å². The zero-order valence-electron chi connectivity index (χ0n) is 14.2. The van der Waals surface area contributed by atoms with E-state index < -0.39 is 11.7 Å². The molecule has 0 aliphatic rings. The van der Waals surface area contributed by atoms with Gasteiger partial charge in [0.05, 0.1) is 17.4 Å². The summed E-state index contributed by atoms with van der Waals surface area (Å²) in [5.41, 5.74) is 6.39. The minimum Gasteiger partial charge on any atom is -0.460 e. The van der Waals surface area contributed by atoms with Gasteiger partial charge in [-0.15, -0.1) is 5.10 Å². The molecule has 0 aliphatic carbocycles. The van der Waals surface area contributed by atoms with Gasteiger partial charge in [-0.3, -0.25) is 0 Å². The molecule has 0 radical (unpaired) electrons. The molecule has 0 amide bonds. The Morgan fingerprint density at radius 2 is 1.77 bits per heavy atom. The van der Waals surface area contributed by atoms with Gasteiger partial charge in [0.2, 0.25) is 0 Å². The van der Waals surface area contributed by atoms with Crippen molar-refractivity contribution in [3.05, 3.63) is 54.1 Å². The molecule has 1 heterocycles. The van der Waals surface area contributed by atoms with Gasteiger partial charge in [-0.25, -0.2) is 4.68 Å². The highest BCUT2D eigenvalue weighted by Gasteiger charge is 2.31. The maximum Gasteiger partial charge on any atom is 0.416 e. The van der Waals surface area contributed by atoms with E-state index in [4.69, 9.17) is 10.5 Å². The molecule has 0 unspecified atom stereocenters. The van der Waals surface area contributed by atoms with Crippen LogP contribution in [-0.4, -0.2) is 20.9 Å². The van der Waals surface area contributed by atoms with Crippen LogP contribution in [0.5, 0.6) is 6.01 Å². The fraction of sp³-hybridized carbons (Fsp3) is 0.222. The maximum atomic E-state index is 13.0. The number of hydrogen-bond donors (Lipinski definition) is 1. The lowest BCUT2D eigenvalue weighted by molar-refractivity contribution is -0.137. The molecule has 0 atom stereocenters. The number of benzene rings is 2. The van der Waals surface area contributed by atoms with Crippen LogP contribution in [0.25, 0.3) is 17.1 Å². The van der Waals surface area contributed by atoms with Crippen LogP contribution < -0.4 is 10.5 Å². The molecule has 0 saturated heterocycles. The Kier molecular flexibility index (Phi) is 4.58. The van der Waals surface area contributed by atoms with E-state index in [0.29, 0.717) is 11.4 Å². The first-order valence-corrected chi connectivity index (χ1v) is 7.91. The molecule has 5 nitrogen and oxygen atoms in total. The van der Waals surface area contributed by atoms with Gasteiger partial charge in [-0.2, -0.15) is 18.2 Å². The molecule has 1 aromatic heterocycles. The Bertz CT molecular complexity index is 902. The lowest BCUT2D eigenvalue weighted by Gasteiger charge is -2.09. The van der Waals surface area contributed by atoms with Crippen LogP contribution >= 0.6 is 0 Å². The van der Waals surface area contributed by atoms with E-state index in [1.54, 1.807) is 30.3 Å². The quantitative estimate of drug-likeness (QED) is 0.702. The molecule has 3 aromatic rings. The molecular weight excluding hydrogens is 345 g/mol. The van der Waals surface area contributed by atoms with Crippen molar-refractivity contribution in [2.45, 2.75) is 26.1 Å². The smallest absolute Gasteiger partial charge is 0.416 e. The average Bonchev–Trinajstić information content (AvgIpc) is 2.98. The molecule has 3 rings (SSSR count). The first-order chi connectivity index (χ1) is 12.2. The summed E-state index contributed by atoms with van der Waals surface area (Å²) in [6, 6.07) is 11.8. The van der Waals surface area contributed by atoms with Crippen LogP contribution in [0.2, 0.25) is 0 Å². The third-order valence-electron chi connectivity index (χ3n) is 3.51. The van der Waals surface area contributed by atoms with E-state index in [-0.39, 0.29) is 23.5 Å². The average molecular weight is 362 g/mol. The predicted molar refractivity (Wildman–Crippen MR) is 92.0 cm³/mol. The molecule has 8 heteroatoms. The van der Waals surface area contributed by atoms with E-state index in [1.807, 2.05) is 13.8 Å².